The molecule has 154 valence electrons. The summed E-state index contributed by atoms with van der Waals surface area (Å²) in [6.07, 6.45) is 0. The predicted molar refractivity (Wildman–Crippen MR) is 119 cm³/mol. The van der Waals surface area contributed by atoms with E-state index in [-0.39, 0.29) is 23.4 Å². The molecule has 0 heterocycles. The summed E-state index contributed by atoms with van der Waals surface area (Å²) in [5.41, 5.74) is 1.43. The SMILES string of the molecule is CC(=O)Nc1cc(C(=O)NCc2cc(F)cc(Cl)c2)ccc1Sc1ccc(Cl)cc1. The van der Waals surface area contributed by atoms with Crippen molar-refractivity contribution >= 4 is 52.5 Å². The van der Waals surface area contributed by atoms with Gasteiger partial charge in [0.05, 0.1) is 5.69 Å². The smallest absolute Gasteiger partial charge is 0.251 e. The van der Waals surface area contributed by atoms with Crippen LogP contribution in [0.2, 0.25) is 10.0 Å². The maximum Gasteiger partial charge on any atom is 0.251 e. The summed E-state index contributed by atoms with van der Waals surface area (Å²) in [4.78, 5) is 25.9. The molecule has 0 saturated carbocycles. The molecular formula is C22H17Cl2FN2O2S. The number of rotatable bonds is 6. The summed E-state index contributed by atoms with van der Waals surface area (Å²) in [6.45, 7) is 1.52. The first-order chi connectivity index (χ1) is 14.3. The molecule has 0 aliphatic rings. The van der Waals surface area contributed by atoms with E-state index in [4.69, 9.17) is 23.2 Å². The molecule has 0 unspecified atom stereocenters. The Morgan fingerprint density at radius 2 is 1.70 bits per heavy atom. The number of anilines is 1. The fourth-order valence-electron chi connectivity index (χ4n) is 2.67. The molecule has 0 bridgehead atoms. The van der Waals surface area contributed by atoms with E-state index in [1.807, 2.05) is 12.1 Å². The topological polar surface area (TPSA) is 58.2 Å². The third-order valence-electron chi connectivity index (χ3n) is 3.97. The van der Waals surface area contributed by atoms with Crippen LogP contribution in [0.4, 0.5) is 10.1 Å². The van der Waals surface area contributed by atoms with Gasteiger partial charge in [-0.15, -0.1) is 0 Å². The molecule has 0 atom stereocenters. The third-order valence-corrected chi connectivity index (χ3v) is 5.52. The van der Waals surface area contributed by atoms with E-state index in [1.54, 1.807) is 36.4 Å². The average molecular weight is 463 g/mol. The molecule has 3 aromatic carbocycles. The highest BCUT2D eigenvalue weighted by molar-refractivity contribution is 7.99. The van der Waals surface area contributed by atoms with E-state index in [0.717, 1.165) is 9.79 Å². The molecule has 4 nitrogen and oxygen atoms in total. The second-order valence-electron chi connectivity index (χ2n) is 6.41. The van der Waals surface area contributed by atoms with Gasteiger partial charge in [-0.3, -0.25) is 9.59 Å². The van der Waals surface area contributed by atoms with E-state index in [1.165, 1.54) is 30.8 Å². The molecule has 0 radical (unpaired) electrons. The average Bonchev–Trinajstić information content (AvgIpc) is 2.68. The lowest BCUT2D eigenvalue weighted by molar-refractivity contribution is -0.114. The molecule has 0 aliphatic heterocycles. The minimum Gasteiger partial charge on any atom is -0.348 e. The summed E-state index contributed by atoms with van der Waals surface area (Å²) < 4.78 is 13.4. The first kappa shape index (κ1) is 22.2. The van der Waals surface area contributed by atoms with Crippen molar-refractivity contribution in [2.75, 3.05) is 5.32 Å². The van der Waals surface area contributed by atoms with Gasteiger partial charge in [-0.25, -0.2) is 4.39 Å². The summed E-state index contributed by atoms with van der Waals surface area (Å²) in [6, 6.07) is 16.4. The van der Waals surface area contributed by atoms with Gasteiger partial charge in [0, 0.05) is 38.9 Å². The van der Waals surface area contributed by atoms with E-state index in [0.29, 0.717) is 21.8 Å². The van der Waals surface area contributed by atoms with Crippen LogP contribution in [0.3, 0.4) is 0 Å². The summed E-state index contributed by atoms with van der Waals surface area (Å²) in [5, 5.41) is 6.38. The summed E-state index contributed by atoms with van der Waals surface area (Å²) in [7, 11) is 0. The van der Waals surface area contributed by atoms with Crippen molar-refractivity contribution in [2.45, 2.75) is 23.3 Å². The van der Waals surface area contributed by atoms with Crippen molar-refractivity contribution in [3.63, 3.8) is 0 Å². The largest absolute Gasteiger partial charge is 0.348 e. The van der Waals surface area contributed by atoms with Crippen molar-refractivity contribution in [1.82, 2.24) is 5.32 Å². The van der Waals surface area contributed by atoms with E-state index >= 15 is 0 Å². The Hall–Kier alpha value is -2.54. The van der Waals surface area contributed by atoms with Gasteiger partial charge in [0.15, 0.2) is 0 Å². The molecule has 2 amide bonds. The van der Waals surface area contributed by atoms with Gasteiger partial charge in [0.25, 0.3) is 5.91 Å². The fraction of sp³-hybridized carbons (Fsp3) is 0.0909. The first-order valence-electron chi connectivity index (χ1n) is 8.88. The number of nitrogens with one attached hydrogen (secondary N) is 2. The highest BCUT2D eigenvalue weighted by Gasteiger charge is 2.12. The molecule has 3 rings (SSSR count). The number of amides is 2. The minimum absolute atomic E-state index is 0.118. The second kappa shape index (κ2) is 9.98. The van der Waals surface area contributed by atoms with Gasteiger partial charge in [-0.05, 0) is 66.2 Å². The van der Waals surface area contributed by atoms with Gasteiger partial charge in [0.1, 0.15) is 5.82 Å². The molecule has 0 saturated heterocycles. The van der Waals surface area contributed by atoms with E-state index < -0.39 is 5.82 Å². The Balaban J connectivity index is 1.78. The van der Waals surface area contributed by atoms with Crippen LogP contribution >= 0.6 is 35.0 Å². The van der Waals surface area contributed by atoms with E-state index in [2.05, 4.69) is 10.6 Å². The Labute approximate surface area is 187 Å². The van der Waals surface area contributed by atoms with Crippen LogP contribution in [0.5, 0.6) is 0 Å². The molecule has 0 fully saturated rings. The monoisotopic (exact) mass is 462 g/mol. The van der Waals surface area contributed by atoms with Gasteiger partial charge in [-0.2, -0.15) is 0 Å². The first-order valence-corrected chi connectivity index (χ1v) is 10.5. The molecule has 3 aromatic rings. The van der Waals surface area contributed by atoms with Crippen LogP contribution in [0.1, 0.15) is 22.8 Å². The van der Waals surface area contributed by atoms with Gasteiger partial charge >= 0.3 is 0 Å². The molecule has 30 heavy (non-hydrogen) atoms. The van der Waals surface area contributed by atoms with Gasteiger partial charge < -0.3 is 10.6 Å². The fourth-order valence-corrected chi connectivity index (χ4v) is 3.93. The normalized spacial score (nSPS) is 10.5. The van der Waals surface area contributed by atoms with Crippen molar-refractivity contribution < 1.29 is 14.0 Å². The zero-order valence-corrected chi connectivity index (χ0v) is 18.2. The molecule has 0 spiro atoms. The lowest BCUT2D eigenvalue weighted by Crippen LogP contribution is -2.23. The van der Waals surface area contributed by atoms with Crippen LogP contribution in [-0.2, 0) is 11.3 Å². The molecule has 8 heteroatoms. The Morgan fingerprint density at radius 3 is 2.37 bits per heavy atom. The maximum atomic E-state index is 13.4. The zero-order chi connectivity index (χ0) is 21.7. The lowest BCUT2D eigenvalue weighted by atomic mass is 10.1. The third kappa shape index (κ3) is 6.23. The number of benzene rings is 3. The van der Waals surface area contributed by atoms with Crippen LogP contribution in [0.25, 0.3) is 0 Å². The van der Waals surface area contributed by atoms with Crippen molar-refractivity contribution in [2.24, 2.45) is 0 Å². The number of hydrogen-bond donors (Lipinski definition) is 2. The van der Waals surface area contributed by atoms with Crippen LogP contribution in [-0.4, -0.2) is 11.8 Å². The van der Waals surface area contributed by atoms with Crippen molar-refractivity contribution in [1.29, 1.82) is 0 Å². The molecule has 0 aliphatic carbocycles. The zero-order valence-electron chi connectivity index (χ0n) is 15.8. The second-order valence-corrected chi connectivity index (χ2v) is 8.40. The molecule has 0 aromatic heterocycles. The number of halogens is 3. The van der Waals surface area contributed by atoms with Crippen molar-refractivity contribution in [3.05, 3.63) is 87.7 Å². The van der Waals surface area contributed by atoms with Gasteiger partial charge in [0.2, 0.25) is 5.91 Å². The van der Waals surface area contributed by atoms with Crippen LogP contribution in [0.15, 0.2) is 70.5 Å². The Kier molecular flexibility index (Phi) is 7.37. The highest BCUT2D eigenvalue weighted by Crippen LogP contribution is 2.34. The molecular weight excluding hydrogens is 446 g/mol. The molecule has 2 N–H and O–H groups in total. The number of carbonyl (C=O) groups excluding carboxylic acids is 2. The minimum atomic E-state index is -0.469. The highest BCUT2D eigenvalue weighted by atomic mass is 35.5. The number of hydrogen-bond acceptors (Lipinski definition) is 3. The van der Waals surface area contributed by atoms with Crippen LogP contribution in [0, 0.1) is 5.82 Å². The quantitative estimate of drug-likeness (QED) is 0.460. The Morgan fingerprint density at radius 1 is 0.967 bits per heavy atom. The van der Waals surface area contributed by atoms with E-state index in [9.17, 15) is 14.0 Å². The lowest BCUT2D eigenvalue weighted by Gasteiger charge is -2.12. The summed E-state index contributed by atoms with van der Waals surface area (Å²) in [5.74, 6) is -1.08. The van der Waals surface area contributed by atoms with Crippen LogP contribution < -0.4 is 10.6 Å². The number of carbonyl (C=O) groups is 2. The summed E-state index contributed by atoms with van der Waals surface area (Å²) >= 11 is 13.2. The predicted octanol–water partition coefficient (Wildman–Crippen LogP) is 6.17. The Bertz CT molecular complexity index is 1070. The van der Waals surface area contributed by atoms with Crippen molar-refractivity contribution in [3.8, 4) is 0 Å². The maximum absolute atomic E-state index is 13.4. The standard InChI is InChI=1S/C22H17Cl2FN2O2S/c1-13(28)27-20-10-15(2-7-21(20)30-19-5-3-16(23)4-6-19)22(29)26-12-14-8-17(24)11-18(25)9-14/h2-11H,12H2,1H3,(H,26,29)(H,27,28). The van der Waals surface area contributed by atoms with Gasteiger partial charge in [-0.1, -0.05) is 35.0 Å².